The van der Waals surface area contributed by atoms with E-state index in [1.807, 2.05) is 0 Å². The molecular weight excluding hydrogens is 236 g/mol. The summed E-state index contributed by atoms with van der Waals surface area (Å²) in [4.78, 5) is 2.67. The van der Waals surface area contributed by atoms with E-state index in [0.29, 0.717) is 17.6 Å². The number of nitrogens with zero attached hydrogens (tertiary/aromatic N) is 1. The molecule has 2 rings (SSSR count). The maximum absolute atomic E-state index is 5.76. The lowest BCUT2D eigenvalue weighted by Crippen LogP contribution is -2.65. The Morgan fingerprint density at radius 2 is 2.05 bits per heavy atom. The van der Waals surface area contributed by atoms with Crippen molar-refractivity contribution in [2.45, 2.75) is 71.6 Å². The molecule has 112 valence electrons. The number of hydrogen-bond acceptors (Lipinski definition) is 3. The van der Waals surface area contributed by atoms with E-state index in [2.05, 4.69) is 44.8 Å². The van der Waals surface area contributed by atoms with Gasteiger partial charge in [-0.1, -0.05) is 20.8 Å². The number of nitrogens with one attached hydrogen (secondary N) is 1. The second-order valence-electron chi connectivity index (χ2n) is 7.98. The fourth-order valence-corrected chi connectivity index (χ4v) is 3.16. The van der Waals surface area contributed by atoms with Crippen LogP contribution in [0.15, 0.2) is 0 Å². The monoisotopic (exact) mass is 268 g/mol. The van der Waals surface area contributed by atoms with E-state index in [1.54, 1.807) is 0 Å². The lowest BCUT2D eigenvalue weighted by Gasteiger charge is -2.49. The second-order valence-corrected chi connectivity index (χ2v) is 7.98. The highest BCUT2D eigenvalue weighted by Gasteiger charge is 2.38. The molecule has 2 aliphatic heterocycles. The minimum atomic E-state index is 0.264. The Kier molecular flexibility index (Phi) is 4.59. The summed E-state index contributed by atoms with van der Waals surface area (Å²) in [6, 6.07) is 0.588. The molecule has 3 nitrogen and oxygen atoms in total. The molecule has 19 heavy (non-hydrogen) atoms. The molecule has 0 bridgehead atoms. The van der Waals surface area contributed by atoms with Crippen molar-refractivity contribution in [1.29, 1.82) is 0 Å². The van der Waals surface area contributed by atoms with E-state index >= 15 is 0 Å². The average molecular weight is 268 g/mol. The number of rotatable bonds is 3. The largest absolute Gasteiger partial charge is 0.378 e. The first-order chi connectivity index (χ1) is 8.79. The van der Waals surface area contributed by atoms with E-state index in [-0.39, 0.29) is 5.54 Å². The van der Waals surface area contributed by atoms with Crippen LogP contribution in [0.4, 0.5) is 0 Å². The highest BCUT2D eigenvalue weighted by Crippen LogP contribution is 2.28. The molecule has 3 heteroatoms. The topological polar surface area (TPSA) is 24.5 Å². The van der Waals surface area contributed by atoms with Crippen molar-refractivity contribution in [2.24, 2.45) is 5.41 Å². The minimum absolute atomic E-state index is 0.264. The first kappa shape index (κ1) is 15.3. The van der Waals surface area contributed by atoms with Crippen LogP contribution in [0.3, 0.4) is 0 Å². The zero-order valence-corrected chi connectivity index (χ0v) is 13.5. The summed E-state index contributed by atoms with van der Waals surface area (Å²) in [5, 5.41) is 3.73. The van der Waals surface area contributed by atoms with Crippen molar-refractivity contribution in [2.75, 3.05) is 26.2 Å². The molecule has 2 fully saturated rings. The normalized spacial score (nSPS) is 32.7. The molecule has 0 amide bonds. The lowest BCUT2D eigenvalue weighted by atomic mass is 9.82. The van der Waals surface area contributed by atoms with E-state index in [4.69, 9.17) is 4.74 Å². The zero-order valence-electron chi connectivity index (χ0n) is 13.5. The van der Waals surface area contributed by atoms with Gasteiger partial charge in [-0.3, -0.25) is 4.90 Å². The first-order valence-electron chi connectivity index (χ1n) is 7.89. The Balaban J connectivity index is 1.90. The number of piperazine rings is 1. The van der Waals surface area contributed by atoms with Crippen molar-refractivity contribution >= 4 is 0 Å². The Hall–Kier alpha value is -0.120. The summed E-state index contributed by atoms with van der Waals surface area (Å²) in [6.07, 6.45) is 4.22. The number of ether oxygens (including phenoxy) is 1. The molecule has 0 aromatic carbocycles. The highest BCUT2D eigenvalue weighted by atomic mass is 16.5. The van der Waals surface area contributed by atoms with Crippen molar-refractivity contribution in [1.82, 2.24) is 10.2 Å². The Morgan fingerprint density at radius 1 is 1.32 bits per heavy atom. The van der Waals surface area contributed by atoms with Crippen molar-refractivity contribution in [3.05, 3.63) is 0 Å². The van der Waals surface area contributed by atoms with Crippen LogP contribution < -0.4 is 5.32 Å². The van der Waals surface area contributed by atoms with Crippen molar-refractivity contribution in [3.8, 4) is 0 Å². The van der Waals surface area contributed by atoms with Gasteiger partial charge < -0.3 is 10.1 Å². The molecular formula is C16H32N2O. The predicted octanol–water partition coefficient (Wildman–Crippen LogP) is 2.65. The molecule has 2 saturated heterocycles. The molecule has 0 aromatic rings. The molecule has 1 N–H and O–H groups in total. The molecule has 0 radical (unpaired) electrons. The average Bonchev–Trinajstić information content (AvgIpc) is 2.78. The summed E-state index contributed by atoms with van der Waals surface area (Å²) in [5.74, 6) is 0. The van der Waals surface area contributed by atoms with Crippen LogP contribution in [0, 0.1) is 5.41 Å². The Morgan fingerprint density at radius 3 is 2.63 bits per heavy atom. The summed E-state index contributed by atoms with van der Waals surface area (Å²) in [5.41, 5.74) is 0.596. The standard InChI is InChI=1S/C16H32N2O/c1-15(2,3)14-11-18(16(4,5)12-17-14)9-8-13-7-6-10-19-13/h13-14,17H,6-12H2,1-5H3. The Bertz CT molecular complexity index is 290. The second kappa shape index (κ2) is 5.71. The molecule has 0 aromatic heterocycles. The fourth-order valence-electron chi connectivity index (χ4n) is 3.16. The van der Waals surface area contributed by atoms with Crippen LogP contribution in [-0.2, 0) is 4.74 Å². The molecule has 2 aliphatic rings. The predicted molar refractivity (Wildman–Crippen MR) is 80.5 cm³/mol. The van der Waals surface area contributed by atoms with Gasteiger partial charge in [0.2, 0.25) is 0 Å². The maximum Gasteiger partial charge on any atom is 0.0588 e. The lowest BCUT2D eigenvalue weighted by molar-refractivity contribution is 0.0191. The van der Waals surface area contributed by atoms with Gasteiger partial charge in [-0.05, 0) is 38.5 Å². The summed E-state index contributed by atoms with van der Waals surface area (Å²) in [7, 11) is 0. The maximum atomic E-state index is 5.76. The summed E-state index contributed by atoms with van der Waals surface area (Å²) in [6.45, 7) is 16.1. The van der Waals surface area contributed by atoms with Crippen LogP contribution in [0.1, 0.15) is 53.9 Å². The summed E-state index contributed by atoms with van der Waals surface area (Å²) >= 11 is 0. The van der Waals surface area contributed by atoms with E-state index < -0.39 is 0 Å². The van der Waals surface area contributed by atoms with Crippen LogP contribution in [0.25, 0.3) is 0 Å². The minimum Gasteiger partial charge on any atom is -0.378 e. The van der Waals surface area contributed by atoms with Crippen LogP contribution >= 0.6 is 0 Å². The van der Waals surface area contributed by atoms with Gasteiger partial charge in [0, 0.05) is 37.8 Å². The van der Waals surface area contributed by atoms with Gasteiger partial charge in [0.05, 0.1) is 6.10 Å². The van der Waals surface area contributed by atoms with Gasteiger partial charge in [-0.2, -0.15) is 0 Å². The first-order valence-corrected chi connectivity index (χ1v) is 7.89. The molecule has 2 atom stereocenters. The van der Waals surface area contributed by atoms with Gasteiger partial charge in [0.1, 0.15) is 0 Å². The quantitative estimate of drug-likeness (QED) is 0.851. The van der Waals surface area contributed by atoms with Gasteiger partial charge in [-0.25, -0.2) is 0 Å². The fraction of sp³-hybridized carbons (Fsp3) is 1.00. The zero-order chi connectivity index (χ0) is 14.1. The molecule has 0 aliphatic carbocycles. The SMILES string of the molecule is CC(C)(C)C1CN(CCC2CCCO2)C(C)(C)CN1. The molecule has 0 spiro atoms. The van der Waals surface area contributed by atoms with Crippen molar-refractivity contribution in [3.63, 3.8) is 0 Å². The van der Waals surface area contributed by atoms with Gasteiger partial charge in [-0.15, -0.1) is 0 Å². The van der Waals surface area contributed by atoms with E-state index in [1.165, 1.54) is 25.8 Å². The van der Waals surface area contributed by atoms with Crippen LogP contribution in [0.2, 0.25) is 0 Å². The third kappa shape index (κ3) is 3.93. The van der Waals surface area contributed by atoms with Gasteiger partial charge in [0.25, 0.3) is 0 Å². The van der Waals surface area contributed by atoms with Crippen LogP contribution in [-0.4, -0.2) is 48.8 Å². The van der Waals surface area contributed by atoms with Gasteiger partial charge >= 0.3 is 0 Å². The van der Waals surface area contributed by atoms with Gasteiger partial charge in [0.15, 0.2) is 0 Å². The van der Waals surface area contributed by atoms with Crippen LogP contribution in [0.5, 0.6) is 0 Å². The Labute approximate surface area is 119 Å². The van der Waals surface area contributed by atoms with E-state index in [9.17, 15) is 0 Å². The third-order valence-corrected chi connectivity index (χ3v) is 4.83. The van der Waals surface area contributed by atoms with Crippen molar-refractivity contribution < 1.29 is 4.74 Å². The summed E-state index contributed by atoms with van der Waals surface area (Å²) < 4.78 is 5.76. The molecule has 2 heterocycles. The molecule has 0 saturated carbocycles. The third-order valence-electron chi connectivity index (χ3n) is 4.83. The smallest absolute Gasteiger partial charge is 0.0588 e. The van der Waals surface area contributed by atoms with E-state index in [0.717, 1.165) is 19.7 Å². The highest BCUT2D eigenvalue weighted by molar-refractivity contribution is 4.96. The number of hydrogen-bond donors (Lipinski definition) is 1. The molecule has 2 unspecified atom stereocenters.